The van der Waals surface area contributed by atoms with E-state index < -0.39 is 0 Å². The zero-order chi connectivity index (χ0) is 11.5. The lowest BCUT2D eigenvalue weighted by Crippen LogP contribution is -1.77. The third-order valence-corrected chi connectivity index (χ3v) is 2.45. The van der Waals surface area contributed by atoms with Crippen LogP contribution < -0.4 is 0 Å². The van der Waals surface area contributed by atoms with Crippen molar-refractivity contribution < 1.29 is 9.63 Å². The number of nitrogens with zero attached hydrogens (tertiary/aromatic N) is 1. The van der Waals surface area contributed by atoms with Gasteiger partial charge in [0.1, 0.15) is 11.5 Å². The molecule has 0 radical (unpaired) electrons. The van der Waals surface area contributed by atoms with Gasteiger partial charge in [0.05, 0.1) is 5.69 Å². The van der Waals surface area contributed by atoms with Crippen LogP contribution in [0, 0.1) is 13.8 Å². The van der Waals surface area contributed by atoms with Crippen molar-refractivity contribution in [1.29, 1.82) is 0 Å². The van der Waals surface area contributed by atoms with Gasteiger partial charge in [0.2, 0.25) is 0 Å². The molecular formula is C13H13NO2. The molecule has 0 bridgehead atoms. The van der Waals surface area contributed by atoms with Crippen LogP contribution in [0.2, 0.25) is 0 Å². The molecule has 3 nitrogen and oxygen atoms in total. The van der Waals surface area contributed by atoms with Crippen LogP contribution in [0.5, 0.6) is 5.75 Å². The van der Waals surface area contributed by atoms with E-state index in [-0.39, 0.29) is 5.75 Å². The van der Waals surface area contributed by atoms with E-state index in [2.05, 4.69) is 5.16 Å². The van der Waals surface area contributed by atoms with Crippen LogP contribution in [0.15, 0.2) is 28.8 Å². The highest BCUT2D eigenvalue weighted by Crippen LogP contribution is 2.20. The molecule has 0 aliphatic rings. The van der Waals surface area contributed by atoms with Crippen LogP contribution in [-0.2, 0) is 0 Å². The van der Waals surface area contributed by atoms with Crippen LogP contribution in [0.3, 0.4) is 0 Å². The normalized spacial score (nSPS) is 11.1. The Bertz CT molecular complexity index is 507. The molecule has 1 aromatic carbocycles. The quantitative estimate of drug-likeness (QED) is 0.836. The smallest absolute Gasteiger partial charge is 0.141 e. The minimum atomic E-state index is 0.269. The number of phenolic OH excluding ortho intramolecular Hbond substituents is 1. The van der Waals surface area contributed by atoms with Crippen molar-refractivity contribution in [1.82, 2.24) is 5.16 Å². The molecule has 0 saturated carbocycles. The van der Waals surface area contributed by atoms with Gasteiger partial charge < -0.3 is 9.63 Å². The molecule has 0 fully saturated rings. The van der Waals surface area contributed by atoms with E-state index in [4.69, 9.17) is 4.52 Å². The molecule has 0 amide bonds. The number of hydrogen-bond donors (Lipinski definition) is 1. The zero-order valence-electron chi connectivity index (χ0n) is 9.27. The molecule has 16 heavy (non-hydrogen) atoms. The maximum absolute atomic E-state index is 9.59. The van der Waals surface area contributed by atoms with E-state index >= 15 is 0 Å². The summed E-state index contributed by atoms with van der Waals surface area (Å²) in [5.74, 6) is 1.05. The Morgan fingerprint density at radius 3 is 2.56 bits per heavy atom. The summed E-state index contributed by atoms with van der Waals surface area (Å²) in [5, 5.41) is 13.4. The number of para-hydroxylation sites is 1. The molecule has 82 valence electrons. The second-order valence-electron chi connectivity index (χ2n) is 3.63. The van der Waals surface area contributed by atoms with Crippen molar-refractivity contribution in [2.75, 3.05) is 0 Å². The predicted molar refractivity (Wildman–Crippen MR) is 63.0 cm³/mol. The summed E-state index contributed by atoms with van der Waals surface area (Å²) in [6, 6.07) is 7.19. The fraction of sp³-hybridized carbons (Fsp3) is 0.154. The van der Waals surface area contributed by atoms with Crippen molar-refractivity contribution in [3.05, 3.63) is 46.8 Å². The molecule has 0 atom stereocenters. The fourth-order valence-electron chi connectivity index (χ4n) is 1.53. The molecule has 1 N–H and O–H groups in total. The lowest BCUT2D eigenvalue weighted by Gasteiger charge is -1.97. The average molecular weight is 215 g/mol. The third-order valence-electron chi connectivity index (χ3n) is 2.45. The number of rotatable bonds is 2. The number of phenols is 1. The summed E-state index contributed by atoms with van der Waals surface area (Å²) in [6.45, 7) is 3.76. The number of aryl methyl sites for hydroxylation is 2. The van der Waals surface area contributed by atoms with Crippen LogP contribution >= 0.6 is 0 Å². The van der Waals surface area contributed by atoms with Gasteiger partial charge in [-0.1, -0.05) is 29.4 Å². The maximum atomic E-state index is 9.59. The lowest BCUT2D eigenvalue weighted by atomic mass is 10.1. The van der Waals surface area contributed by atoms with Gasteiger partial charge in [-0.25, -0.2) is 0 Å². The van der Waals surface area contributed by atoms with E-state index in [1.165, 1.54) is 0 Å². The van der Waals surface area contributed by atoms with Gasteiger partial charge in [0, 0.05) is 11.1 Å². The topological polar surface area (TPSA) is 46.3 Å². The molecule has 2 rings (SSSR count). The molecular weight excluding hydrogens is 202 g/mol. The first-order chi connectivity index (χ1) is 7.68. The van der Waals surface area contributed by atoms with Crippen LogP contribution in [0.4, 0.5) is 0 Å². The van der Waals surface area contributed by atoms with E-state index in [0.29, 0.717) is 0 Å². The summed E-state index contributed by atoms with van der Waals surface area (Å²) in [6.07, 6.45) is 3.75. The molecule has 0 unspecified atom stereocenters. The van der Waals surface area contributed by atoms with E-state index in [9.17, 15) is 5.11 Å². The van der Waals surface area contributed by atoms with Gasteiger partial charge in [-0.2, -0.15) is 0 Å². The van der Waals surface area contributed by atoms with Crippen molar-refractivity contribution in [2.24, 2.45) is 0 Å². The van der Waals surface area contributed by atoms with Gasteiger partial charge in [0.25, 0.3) is 0 Å². The van der Waals surface area contributed by atoms with Crippen LogP contribution in [0.1, 0.15) is 22.6 Å². The zero-order valence-corrected chi connectivity index (χ0v) is 9.27. The second kappa shape index (κ2) is 4.23. The molecule has 0 saturated heterocycles. The Kier molecular flexibility index (Phi) is 2.77. The van der Waals surface area contributed by atoms with Crippen molar-refractivity contribution in [3.8, 4) is 5.75 Å². The van der Waals surface area contributed by atoms with Gasteiger partial charge in [-0.3, -0.25) is 0 Å². The molecule has 0 spiro atoms. The van der Waals surface area contributed by atoms with Crippen molar-refractivity contribution in [3.63, 3.8) is 0 Å². The van der Waals surface area contributed by atoms with Crippen LogP contribution in [0.25, 0.3) is 12.2 Å². The molecule has 2 aromatic rings. The highest BCUT2D eigenvalue weighted by Gasteiger charge is 2.04. The number of aromatic hydroxyl groups is 1. The monoisotopic (exact) mass is 215 g/mol. The Labute approximate surface area is 94.0 Å². The molecule has 3 heteroatoms. The Morgan fingerprint density at radius 2 is 1.94 bits per heavy atom. The predicted octanol–water partition coefficient (Wildman–Crippen LogP) is 3.17. The second-order valence-corrected chi connectivity index (χ2v) is 3.63. The first-order valence-electron chi connectivity index (χ1n) is 5.07. The van der Waals surface area contributed by atoms with Gasteiger partial charge in [-0.15, -0.1) is 0 Å². The highest BCUT2D eigenvalue weighted by molar-refractivity contribution is 5.73. The first-order valence-corrected chi connectivity index (χ1v) is 5.07. The average Bonchev–Trinajstić information content (AvgIpc) is 2.58. The molecule has 0 aliphatic carbocycles. The minimum Gasteiger partial charge on any atom is -0.507 e. The number of aromatic nitrogens is 1. The Balaban J connectivity index is 2.32. The van der Waals surface area contributed by atoms with Crippen LogP contribution in [-0.4, -0.2) is 10.3 Å². The van der Waals surface area contributed by atoms with Crippen molar-refractivity contribution >= 4 is 12.2 Å². The molecule has 1 aromatic heterocycles. The van der Waals surface area contributed by atoms with E-state index in [0.717, 1.165) is 22.6 Å². The maximum Gasteiger partial charge on any atom is 0.141 e. The van der Waals surface area contributed by atoms with Gasteiger partial charge in [0.15, 0.2) is 0 Å². The summed E-state index contributed by atoms with van der Waals surface area (Å²) < 4.78 is 5.05. The first kappa shape index (κ1) is 10.5. The number of benzene rings is 1. The summed E-state index contributed by atoms with van der Waals surface area (Å²) in [4.78, 5) is 0. The summed E-state index contributed by atoms with van der Waals surface area (Å²) in [5.41, 5.74) is 2.59. The number of hydrogen-bond acceptors (Lipinski definition) is 3. The fourth-order valence-corrected chi connectivity index (χ4v) is 1.53. The standard InChI is InChI=1S/C13H13NO2/c1-9-12(10(2)16-14-9)8-7-11-5-3-4-6-13(11)15/h3-8,15H,1-2H3/b8-7+. The Morgan fingerprint density at radius 1 is 1.19 bits per heavy atom. The lowest BCUT2D eigenvalue weighted by molar-refractivity contribution is 0.393. The Hall–Kier alpha value is -2.03. The van der Waals surface area contributed by atoms with E-state index in [1.807, 2.05) is 38.1 Å². The largest absolute Gasteiger partial charge is 0.507 e. The summed E-state index contributed by atoms with van der Waals surface area (Å²) in [7, 11) is 0. The third kappa shape index (κ3) is 1.98. The summed E-state index contributed by atoms with van der Waals surface area (Å²) >= 11 is 0. The highest BCUT2D eigenvalue weighted by atomic mass is 16.5. The molecule has 1 heterocycles. The minimum absolute atomic E-state index is 0.269. The molecule has 0 aliphatic heterocycles. The van der Waals surface area contributed by atoms with E-state index in [1.54, 1.807) is 12.1 Å². The van der Waals surface area contributed by atoms with Gasteiger partial charge in [-0.05, 0) is 26.0 Å². The SMILES string of the molecule is Cc1noc(C)c1/C=C/c1ccccc1O. The van der Waals surface area contributed by atoms with Gasteiger partial charge >= 0.3 is 0 Å². The van der Waals surface area contributed by atoms with Crippen molar-refractivity contribution in [2.45, 2.75) is 13.8 Å².